The summed E-state index contributed by atoms with van der Waals surface area (Å²) in [7, 11) is 0. The van der Waals surface area contributed by atoms with E-state index in [1.54, 1.807) is 12.1 Å². The van der Waals surface area contributed by atoms with Crippen molar-refractivity contribution in [1.82, 2.24) is 0 Å². The molecule has 0 fully saturated rings. The second-order valence-electron chi connectivity index (χ2n) is 5.82. The van der Waals surface area contributed by atoms with Crippen LogP contribution in [-0.2, 0) is 11.8 Å². The topological polar surface area (TPSA) is 46.2 Å². The smallest absolute Gasteiger partial charge is 0.123 e. The molecule has 0 amide bonds. The molecule has 0 aromatic heterocycles. The molecular weight excluding hydrogens is 265 g/mol. The number of benzene rings is 2. The number of aliphatic hydroxyl groups is 1. The molecule has 1 atom stereocenters. The SMILES string of the molecule is Cc1cc(C)cc(CC(CN)(CO)c2ccc(F)cc2)c1. The van der Waals surface area contributed by atoms with Crippen molar-refractivity contribution in [3.05, 3.63) is 70.5 Å². The molecule has 112 valence electrons. The van der Waals surface area contributed by atoms with Crippen LogP contribution in [0, 0.1) is 19.7 Å². The van der Waals surface area contributed by atoms with Gasteiger partial charge in [-0.2, -0.15) is 0 Å². The largest absolute Gasteiger partial charge is 0.395 e. The maximum Gasteiger partial charge on any atom is 0.123 e. The van der Waals surface area contributed by atoms with Gasteiger partial charge >= 0.3 is 0 Å². The van der Waals surface area contributed by atoms with Crippen LogP contribution in [0.2, 0.25) is 0 Å². The van der Waals surface area contributed by atoms with Crippen molar-refractivity contribution in [2.45, 2.75) is 25.7 Å². The number of halogens is 1. The predicted octanol–water partition coefficient (Wildman–Crippen LogP) is 2.87. The summed E-state index contributed by atoms with van der Waals surface area (Å²) >= 11 is 0. The molecule has 0 spiro atoms. The Kier molecular flexibility index (Phi) is 4.76. The lowest BCUT2D eigenvalue weighted by molar-refractivity contribution is 0.196. The summed E-state index contributed by atoms with van der Waals surface area (Å²) in [5.74, 6) is -0.283. The number of rotatable bonds is 5. The van der Waals surface area contributed by atoms with Crippen molar-refractivity contribution in [3.63, 3.8) is 0 Å². The summed E-state index contributed by atoms with van der Waals surface area (Å²) in [4.78, 5) is 0. The van der Waals surface area contributed by atoms with Crippen LogP contribution in [-0.4, -0.2) is 18.3 Å². The minimum atomic E-state index is -0.575. The van der Waals surface area contributed by atoms with E-state index in [1.807, 2.05) is 0 Å². The molecule has 0 aliphatic carbocycles. The lowest BCUT2D eigenvalue weighted by Gasteiger charge is -2.31. The van der Waals surface area contributed by atoms with Crippen LogP contribution in [0.1, 0.15) is 22.3 Å². The monoisotopic (exact) mass is 287 g/mol. The highest BCUT2D eigenvalue weighted by molar-refractivity contribution is 5.34. The minimum absolute atomic E-state index is 0.0673. The van der Waals surface area contributed by atoms with E-state index < -0.39 is 5.41 Å². The fourth-order valence-corrected chi connectivity index (χ4v) is 2.87. The van der Waals surface area contributed by atoms with Crippen molar-refractivity contribution >= 4 is 0 Å². The van der Waals surface area contributed by atoms with Gasteiger partial charge in [-0.25, -0.2) is 4.39 Å². The first-order chi connectivity index (χ1) is 9.99. The fraction of sp³-hybridized carbons (Fsp3) is 0.333. The van der Waals surface area contributed by atoms with Gasteiger partial charge in [0.15, 0.2) is 0 Å². The summed E-state index contributed by atoms with van der Waals surface area (Å²) in [6, 6.07) is 12.6. The average molecular weight is 287 g/mol. The van der Waals surface area contributed by atoms with Crippen LogP contribution in [0.25, 0.3) is 0 Å². The van der Waals surface area contributed by atoms with Crippen molar-refractivity contribution in [3.8, 4) is 0 Å². The van der Waals surface area contributed by atoms with E-state index in [0.29, 0.717) is 13.0 Å². The zero-order chi connectivity index (χ0) is 15.5. The first-order valence-corrected chi connectivity index (χ1v) is 7.13. The molecule has 0 bridgehead atoms. The van der Waals surface area contributed by atoms with Gasteiger partial charge in [0.1, 0.15) is 5.82 Å². The van der Waals surface area contributed by atoms with Crippen LogP contribution in [0.4, 0.5) is 4.39 Å². The zero-order valence-electron chi connectivity index (χ0n) is 12.6. The van der Waals surface area contributed by atoms with Gasteiger partial charge in [0.25, 0.3) is 0 Å². The lowest BCUT2D eigenvalue weighted by Crippen LogP contribution is -2.41. The van der Waals surface area contributed by atoms with E-state index in [-0.39, 0.29) is 12.4 Å². The van der Waals surface area contributed by atoms with Crippen LogP contribution in [0.15, 0.2) is 42.5 Å². The standard InChI is InChI=1S/C18H22FNO/c1-13-7-14(2)9-15(8-13)10-18(11-20,12-21)16-3-5-17(19)6-4-16/h3-9,21H,10-12,20H2,1-2H3. The summed E-state index contributed by atoms with van der Waals surface area (Å²) in [5, 5.41) is 9.93. The van der Waals surface area contributed by atoms with Gasteiger partial charge in [0, 0.05) is 12.0 Å². The summed E-state index contributed by atoms with van der Waals surface area (Å²) in [5.41, 5.74) is 9.76. The Bertz CT molecular complexity index is 583. The molecule has 2 aromatic carbocycles. The Morgan fingerprint density at radius 2 is 1.62 bits per heavy atom. The van der Waals surface area contributed by atoms with Crippen molar-refractivity contribution in [1.29, 1.82) is 0 Å². The molecule has 0 heterocycles. The Hall–Kier alpha value is -1.71. The maximum absolute atomic E-state index is 13.1. The van der Waals surface area contributed by atoms with Gasteiger partial charge in [0.2, 0.25) is 0 Å². The summed E-state index contributed by atoms with van der Waals surface area (Å²) in [6.07, 6.45) is 0.633. The molecule has 0 aliphatic heterocycles. The van der Waals surface area contributed by atoms with Crippen LogP contribution in [0.5, 0.6) is 0 Å². The van der Waals surface area contributed by atoms with E-state index in [2.05, 4.69) is 32.0 Å². The molecule has 0 saturated carbocycles. The van der Waals surface area contributed by atoms with Gasteiger partial charge in [-0.3, -0.25) is 0 Å². The van der Waals surface area contributed by atoms with Gasteiger partial charge in [-0.15, -0.1) is 0 Å². The van der Waals surface area contributed by atoms with E-state index >= 15 is 0 Å². The van der Waals surface area contributed by atoms with Gasteiger partial charge in [-0.05, 0) is 43.5 Å². The number of aryl methyl sites for hydroxylation is 2. The van der Waals surface area contributed by atoms with Crippen LogP contribution >= 0.6 is 0 Å². The molecule has 0 saturated heterocycles. The van der Waals surface area contributed by atoms with Crippen molar-refractivity contribution in [2.75, 3.05) is 13.2 Å². The molecule has 0 radical (unpaired) electrons. The Morgan fingerprint density at radius 1 is 1.05 bits per heavy atom. The first kappa shape index (κ1) is 15.7. The van der Waals surface area contributed by atoms with Crippen molar-refractivity contribution in [2.24, 2.45) is 5.73 Å². The number of hydrogen-bond acceptors (Lipinski definition) is 2. The zero-order valence-corrected chi connectivity index (χ0v) is 12.6. The lowest BCUT2D eigenvalue weighted by atomic mass is 9.76. The van der Waals surface area contributed by atoms with E-state index in [0.717, 1.165) is 11.1 Å². The molecule has 0 aliphatic rings. The molecule has 2 rings (SSSR count). The third-order valence-electron chi connectivity index (χ3n) is 3.97. The molecule has 2 nitrogen and oxygen atoms in total. The molecule has 3 N–H and O–H groups in total. The van der Waals surface area contributed by atoms with Gasteiger partial charge in [0.05, 0.1) is 6.61 Å². The second-order valence-corrected chi connectivity index (χ2v) is 5.82. The first-order valence-electron chi connectivity index (χ1n) is 7.13. The Labute approximate surface area is 125 Å². The highest BCUT2D eigenvalue weighted by Crippen LogP contribution is 2.28. The maximum atomic E-state index is 13.1. The quantitative estimate of drug-likeness (QED) is 0.888. The minimum Gasteiger partial charge on any atom is -0.395 e. The molecule has 1 unspecified atom stereocenters. The molecule has 2 aromatic rings. The van der Waals surface area contributed by atoms with Gasteiger partial charge < -0.3 is 10.8 Å². The van der Waals surface area contributed by atoms with E-state index in [4.69, 9.17) is 5.73 Å². The molecular formula is C18H22FNO. The third kappa shape index (κ3) is 3.49. The Balaban J connectivity index is 2.40. The third-order valence-corrected chi connectivity index (χ3v) is 3.97. The molecule has 3 heteroatoms. The number of nitrogens with two attached hydrogens (primary N) is 1. The van der Waals surface area contributed by atoms with E-state index in [9.17, 15) is 9.50 Å². The average Bonchev–Trinajstić information content (AvgIpc) is 2.45. The van der Waals surface area contributed by atoms with Crippen LogP contribution in [0.3, 0.4) is 0 Å². The predicted molar refractivity (Wildman–Crippen MR) is 83.8 cm³/mol. The number of aliphatic hydroxyl groups excluding tert-OH is 1. The van der Waals surface area contributed by atoms with Crippen LogP contribution < -0.4 is 5.73 Å². The van der Waals surface area contributed by atoms with Gasteiger partial charge in [-0.1, -0.05) is 41.5 Å². The molecule has 21 heavy (non-hydrogen) atoms. The normalized spacial score (nSPS) is 14.0. The summed E-state index contributed by atoms with van der Waals surface area (Å²) in [6.45, 7) is 4.35. The van der Waals surface area contributed by atoms with Crippen molar-refractivity contribution < 1.29 is 9.50 Å². The highest BCUT2D eigenvalue weighted by Gasteiger charge is 2.30. The Morgan fingerprint density at radius 3 is 2.10 bits per heavy atom. The van der Waals surface area contributed by atoms with E-state index in [1.165, 1.54) is 23.3 Å². The second kappa shape index (κ2) is 6.37. The summed E-state index contributed by atoms with van der Waals surface area (Å²) < 4.78 is 13.1. The highest BCUT2D eigenvalue weighted by atomic mass is 19.1. The fourth-order valence-electron chi connectivity index (χ4n) is 2.87. The number of hydrogen-bond donors (Lipinski definition) is 2.